The molecule has 0 aliphatic heterocycles. The second-order valence-electron chi connectivity index (χ2n) is 5.77. The van der Waals surface area contributed by atoms with Crippen molar-refractivity contribution in [3.63, 3.8) is 0 Å². The number of thiocarbonyl (C=S) groups is 1. The summed E-state index contributed by atoms with van der Waals surface area (Å²) in [6, 6.07) is 6.74. The van der Waals surface area contributed by atoms with Gasteiger partial charge in [0, 0.05) is 24.4 Å². The summed E-state index contributed by atoms with van der Waals surface area (Å²) >= 11 is 5.19. The highest BCUT2D eigenvalue weighted by Crippen LogP contribution is 2.39. The van der Waals surface area contributed by atoms with Crippen LogP contribution in [0.1, 0.15) is 0 Å². The monoisotopic (exact) mass is 412 g/mol. The van der Waals surface area contributed by atoms with Gasteiger partial charge in [0.15, 0.2) is 28.1 Å². The molecule has 0 spiro atoms. The van der Waals surface area contributed by atoms with E-state index in [1.54, 1.807) is 30.5 Å². The van der Waals surface area contributed by atoms with Gasteiger partial charge in [0.25, 0.3) is 0 Å². The molecule has 9 nitrogen and oxygen atoms in total. The topological polar surface area (TPSA) is 113 Å². The molecule has 0 aliphatic rings. The third kappa shape index (κ3) is 4.79. The number of aromatic hydroxyl groups is 1. The van der Waals surface area contributed by atoms with Crippen LogP contribution >= 0.6 is 12.2 Å². The van der Waals surface area contributed by atoms with E-state index in [4.69, 9.17) is 21.7 Å². The lowest BCUT2D eigenvalue weighted by molar-refractivity contribution is 0.333. The van der Waals surface area contributed by atoms with E-state index < -0.39 is 0 Å². The quantitative estimate of drug-likeness (QED) is 0.341. The molecule has 0 atom stereocenters. The van der Waals surface area contributed by atoms with Crippen LogP contribution in [0.4, 0.5) is 17.3 Å². The molecule has 3 rings (SSSR count). The van der Waals surface area contributed by atoms with Gasteiger partial charge in [-0.25, -0.2) is 15.0 Å². The van der Waals surface area contributed by atoms with Crippen LogP contribution in [0.3, 0.4) is 0 Å². The van der Waals surface area contributed by atoms with Gasteiger partial charge in [-0.3, -0.25) is 0 Å². The second kappa shape index (κ2) is 9.02. The van der Waals surface area contributed by atoms with Crippen LogP contribution in [-0.4, -0.2) is 45.9 Å². The van der Waals surface area contributed by atoms with E-state index in [2.05, 4.69) is 37.5 Å². The standard InChI is InChI=1S/C19H20N6O3S/c1-4-7-20-19(29)25-15-6-5-12-18(23-15)24-16(10-21-12)22-11-8-13(26)17(28-3)14(9-11)27-2/h4-6,8-10,26H,1,7H2,2-3H3,(H3,20,22,23,24,25,29). The molecule has 0 radical (unpaired) electrons. The lowest BCUT2D eigenvalue weighted by atomic mass is 10.2. The van der Waals surface area contributed by atoms with Crippen LogP contribution < -0.4 is 25.4 Å². The highest BCUT2D eigenvalue weighted by Gasteiger charge is 2.12. The number of benzene rings is 1. The molecular formula is C19H20N6O3S. The maximum atomic E-state index is 10.1. The Bertz CT molecular complexity index is 1060. The molecule has 3 aromatic rings. The zero-order valence-corrected chi connectivity index (χ0v) is 16.7. The van der Waals surface area contributed by atoms with E-state index in [0.717, 1.165) is 0 Å². The molecule has 0 saturated heterocycles. The van der Waals surface area contributed by atoms with Gasteiger partial charge >= 0.3 is 0 Å². The van der Waals surface area contributed by atoms with Crippen LogP contribution in [0.25, 0.3) is 11.2 Å². The van der Waals surface area contributed by atoms with Gasteiger partial charge in [-0.1, -0.05) is 6.08 Å². The molecule has 10 heteroatoms. The van der Waals surface area contributed by atoms with Crippen molar-refractivity contribution >= 4 is 45.8 Å². The largest absolute Gasteiger partial charge is 0.504 e. The Kier molecular flexibility index (Phi) is 6.25. The Morgan fingerprint density at radius 3 is 2.72 bits per heavy atom. The molecule has 29 heavy (non-hydrogen) atoms. The fourth-order valence-corrected chi connectivity index (χ4v) is 2.71. The summed E-state index contributed by atoms with van der Waals surface area (Å²) in [6.07, 6.45) is 3.28. The molecule has 0 fully saturated rings. The molecule has 4 N–H and O–H groups in total. The van der Waals surface area contributed by atoms with Crippen LogP contribution in [0, 0.1) is 0 Å². The number of aromatic nitrogens is 3. The number of hydrogen-bond acceptors (Lipinski definition) is 8. The second-order valence-corrected chi connectivity index (χ2v) is 6.18. The minimum absolute atomic E-state index is 0.0618. The Balaban J connectivity index is 1.84. The maximum absolute atomic E-state index is 10.1. The van der Waals surface area contributed by atoms with Gasteiger partial charge in [0.1, 0.15) is 11.3 Å². The molecule has 2 aromatic heterocycles. The number of methoxy groups -OCH3 is 2. The fraction of sp³-hybridized carbons (Fsp3) is 0.158. The fourth-order valence-electron chi connectivity index (χ4n) is 2.52. The minimum atomic E-state index is -0.0618. The number of pyridine rings is 1. The van der Waals surface area contributed by atoms with Crippen molar-refractivity contribution in [2.24, 2.45) is 0 Å². The first kappa shape index (κ1) is 20.1. The van der Waals surface area contributed by atoms with E-state index in [1.165, 1.54) is 20.3 Å². The molecule has 1 aromatic carbocycles. The van der Waals surface area contributed by atoms with E-state index in [9.17, 15) is 5.11 Å². The number of nitrogens with zero attached hydrogens (tertiary/aromatic N) is 3. The highest BCUT2D eigenvalue weighted by atomic mass is 32.1. The zero-order chi connectivity index (χ0) is 20.8. The predicted octanol–water partition coefficient (Wildman–Crippen LogP) is 2.96. The summed E-state index contributed by atoms with van der Waals surface area (Å²) in [6.45, 7) is 4.18. The summed E-state index contributed by atoms with van der Waals surface area (Å²) in [7, 11) is 2.94. The van der Waals surface area contributed by atoms with Crippen molar-refractivity contribution in [1.29, 1.82) is 0 Å². The van der Waals surface area contributed by atoms with Crippen LogP contribution in [0.5, 0.6) is 17.2 Å². The van der Waals surface area contributed by atoms with Crippen molar-refractivity contribution in [2.75, 3.05) is 31.4 Å². The van der Waals surface area contributed by atoms with E-state index >= 15 is 0 Å². The van der Waals surface area contributed by atoms with Gasteiger partial charge < -0.3 is 30.5 Å². The molecule has 2 heterocycles. The summed E-state index contributed by atoms with van der Waals surface area (Å²) in [5, 5.41) is 19.6. The summed E-state index contributed by atoms with van der Waals surface area (Å²) in [5.41, 5.74) is 1.61. The normalized spacial score (nSPS) is 10.3. The lowest BCUT2D eigenvalue weighted by Crippen LogP contribution is -2.28. The van der Waals surface area contributed by atoms with Crippen molar-refractivity contribution < 1.29 is 14.6 Å². The molecule has 0 amide bonds. The Morgan fingerprint density at radius 1 is 1.21 bits per heavy atom. The number of rotatable bonds is 7. The Morgan fingerprint density at radius 2 is 2.00 bits per heavy atom. The third-order valence-corrected chi connectivity index (χ3v) is 4.03. The number of ether oxygens (including phenoxy) is 2. The molecule has 0 unspecified atom stereocenters. The summed E-state index contributed by atoms with van der Waals surface area (Å²) < 4.78 is 10.4. The number of anilines is 3. The Hall–Kier alpha value is -3.66. The van der Waals surface area contributed by atoms with Gasteiger partial charge in [-0.2, -0.15) is 0 Å². The van der Waals surface area contributed by atoms with Gasteiger partial charge in [-0.05, 0) is 24.4 Å². The van der Waals surface area contributed by atoms with Gasteiger partial charge in [0.05, 0.1) is 20.4 Å². The first-order valence-corrected chi connectivity index (χ1v) is 8.96. The van der Waals surface area contributed by atoms with E-state index in [1.807, 2.05) is 0 Å². The number of hydrogen-bond donors (Lipinski definition) is 4. The van der Waals surface area contributed by atoms with Gasteiger partial charge in [-0.15, -0.1) is 6.58 Å². The summed E-state index contributed by atoms with van der Waals surface area (Å²) in [4.78, 5) is 13.3. The number of fused-ring (bicyclic) bond motifs is 1. The average Bonchev–Trinajstić information content (AvgIpc) is 2.71. The average molecular weight is 412 g/mol. The van der Waals surface area contributed by atoms with E-state index in [-0.39, 0.29) is 11.5 Å². The third-order valence-electron chi connectivity index (χ3n) is 3.79. The van der Waals surface area contributed by atoms with Crippen molar-refractivity contribution in [1.82, 2.24) is 20.3 Å². The number of nitrogens with one attached hydrogen (secondary N) is 3. The van der Waals surface area contributed by atoms with Crippen molar-refractivity contribution in [3.8, 4) is 17.2 Å². The molecule has 0 saturated carbocycles. The van der Waals surface area contributed by atoms with Crippen LogP contribution in [0.2, 0.25) is 0 Å². The summed E-state index contributed by atoms with van der Waals surface area (Å²) in [5.74, 6) is 1.55. The minimum Gasteiger partial charge on any atom is -0.504 e. The molecule has 150 valence electrons. The first-order valence-electron chi connectivity index (χ1n) is 8.55. The molecule has 0 bridgehead atoms. The Labute approximate surface area is 172 Å². The smallest absolute Gasteiger partial charge is 0.203 e. The zero-order valence-electron chi connectivity index (χ0n) is 15.9. The predicted molar refractivity (Wildman–Crippen MR) is 116 cm³/mol. The van der Waals surface area contributed by atoms with Gasteiger partial charge in [0.2, 0.25) is 5.75 Å². The molecule has 0 aliphatic carbocycles. The number of phenolic OH excluding ortho intramolecular Hbond substituents is 1. The number of phenols is 1. The van der Waals surface area contributed by atoms with Crippen LogP contribution in [-0.2, 0) is 0 Å². The highest BCUT2D eigenvalue weighted by molar-refractivity contribution is 7.80. The maximum Gasteiger partial charge on any atom is 0.203 e. The van der Waals surface area contributed by atoms with Crippen molar-refractivity contribution in [3.05, 3.63) is 43.1 Å². The van der Waals surface area contributed by atoms with Crippen LogP contribution in [0.15, 0.2) is 43.1 Å². The lowest BCUT2D eigenvalue weighted by Gasteiger charge is -2.13. The van der Waals surface area contributed by atoms with Crippen molar-refractivity contribution in [2.45, 2.75) is 0 Å². The molecular weight excluding hydrogens is 392 g/mol. The van der Waals surface area contributed by atoms with E-state index in [0.29, 0.717) is 45.9 Å². The SMILES string of the molecule is C=CCNC(=S)Nc1ccc2ncc(Nc3cc(O)c(OC)c(OC)c3)nc2n1. The first-order chi connectivity index (χ1) is 14.0.